The molecule has 2 aliphatic rings. The van der Waals surface area contributed by atoms with E-state index in [1.165, 1.54) is 23.8 Å². The number of thioether (sulfide) groups is 1. The molecule has 2 atom stereocenters. The van der Waals surface area contributed by atoms with Crippen LogP contribution in [-0.4, -0.2) is 90.3 Å². The number of aromatic amines is 1. The van der Waals surface area contributed by atoms with Crippen molar-refractivity contribution in [3.8, 4) is 17.3 Å². The van der Waals surface area contributed by atoms with Crippen molar-refractivity contribution in [3.63, 3.8) is 0 Å². The Kier molecular flexibility index (Phi) is 9.77. The third kappa shape index (κ3) is 6.75. The highest BCUT2D eigenvalue weighted by Crippen LogP contribution is 2.40. The number of hydrogen-bond donors (Lipinski definition) is 5. The molecule has 3 aromatic heterocycles. The van der Waals surface area contributed by atoms with Gasteiger partial charge in [0.2, 0.25) is 11.5 Å². The van der Waals surface area contributed by atoms with Crippen LogP contribution in [0.25, 0.3) is 11.1 Å². The molecule has 0 spiro atoms. The van der Waals surface area contributed by atoms with Crippen molar-refractivity contribution in [1.29, 1.82) is 5.26 Å². The number of fused-ring (bicyclic) bond motifs is 1. The van der Waals surface area contributed by atoms with Crippen LogP contribution in [0, 0.1) is 11.5 Å². The van der Waals surface area contributed by atoms with E-state index >= 15 is 0 Å². The smallest absolute Gasteiger partial charge is 0.352 e. The molecule has 1 saturated heterocycles. The number of nitrogens with one attached hydrogen (secondary N) is 3. The van der Waals surface area contributed by atoms with Gasteiger partial charge in [0.15, 0.2) is 36.0 Å². The minimum Gasteiger partial charge on any atom is -0.477 e. The van der Waals surface area contributed by atoms with Crippen LogP contribution in [0.15, 0.2) is 58.4 Å². The number of nitrogens with zero attached hydrogens (tertiary/aromatic N) is 7. The van der Waals surface area contributed by atoms with Gasteiger partial charge in [-0.05, 0) is 18.6 Å². The summed E-state index contributed by atoms with van der Waals surface area (Å²) in [5, 5.41) is 30.4. The van der Waals surface area contributed by atoms with Gasteiger partial charge < -0.3 is 30.8 Å². The van der Waals surface area contributed by atoms with Crippen LogP contribution in [0.1, 0.15) is 18.4 Å². The van der Waals surface area contributed by atoms with E-state index in [-0.39, 0.29) is 47.0 Å². The second-order valence-corrected chi connectivity index (χ2v) is 11.6. The van der Waals surface area contributed by atoms with Crippen molar-refractivity contribution < 1.29 is 38.5 Å². The summed E-state index contributed by atoms with van der Waals surface area (Å²) in [6.45, 7) is 2.03. The first-order valence-electron chi connectivity index (χ1n) is 13.7. The molecule has 2 unspecified atom stereocenters. The van der Waals surface area contributed by atoms with Gasteiger partial charge in [-0.3, -0.25) is 24.6 Å². The molecule has 2 aliphatic heterocycles. The number of carbonyl (C=O) groups excluding carboxylic acids is 3. The number of carboxylic acids is 1. The molecular formula is C27H26N11O7S2+. The number of nitrogens with two attached hydrogens (primary N) is 1. The van der Waals surface area contributed by atoms with Crippen LogP contribution in [0.3, 0.4) is 0 Å². The lowest BCUT2D eigenvalue weighted by Gasteiger charge is -2.49. The van der Waals surface area contributed by atoms with Gasteiger partial charge in [0.1, 0.15) is 30.8 Å². The summed E-state index contributed by atoms with van der Waals surface area (Å²) in [4.78, 5) is 68.6. The third-order valence-electron chi connectivity index (χ3n) is 6.79. The molecule has 0 aromatic carbocycles. The number of nitrogen functional groups attached to an aromatic ring is 1. The highest BCUT2D eigenvalue weighted by Gasteiger charge is 2.55. The average Bonchev–Trinajstić information content (AvgIpc) is 3.72. The number of aromatic nitrogens is 4. The first kappa shape index (κ1) is 32.6. The fourth-order valence-corrected chi connectivity index (χ4v) is 6.52. The number of nitriles is 1. The number of oxime groups is 2. The van der Waals surface area contributed by atoms with E-state index in [1.54, 1.807) is 54.5 Å². The van der Waals surface area contributed by atoms with Crippen molar-refractivity contribution >= 4 is 63.5 Å². The Hall–Kier alpha value is -5.81. The van der Waals surface area contributed by atoms with E-state index in [0.717, 1.165) is 17.1 Å². The number of carbonyl (C=O) groups is 4. The maximum absolute atomic E-state index is 13.2. The zero-order chi connectivity index (χ0) is 33.7. The maximum Gasteiger partial charge on any atom is 0.352 e. The van der Waals surface area contributed by atoms with Crippen molar-refractivity contribution in [3.05, 3.63) is 59.6 Å². The van der Waals surface area contributed by atoms with E-state index in [0.29, 0.717) is 16.8 Å². The summed E-state index contributed by atoms with van der Waals surface area (Å²) in [5.41, 5.74) is 7.43. The fraction of sp³-hybridized carbons (Fsp3) is 0.259. The first-order chi connectivity index (χ1) is 22.7. The van der Waals surface area contributed by atoms with Crippen molar-refractivity contribution in [2.75, 3.05) is 25.2 Å². The molecule has 3 aromatic rings. The first-order valence-corrected chi connectivity index (χ1v) is 15.5. The Balaban J connectivity index is 1.29. The monoisotopic (exact) mass is 680 g/mol. The SMILES string of the molecule is CCON=C(C(=O)NC1C(=O)N2C(C(=O)O)=C(C[n+]3ccc(-c4c[nH]c(/C(=N\OC)C(=O)NC#N)c4)cc3)CSC12)c1nsc(N)n1. The van der Waals surface area contributed by atoms with E-state index in [2.05, 4.69) is 30.0 Å². The number of rotatable bonds is 12. The predicted molar refractivity (Wildman–Crippen MR) is 166 cm³/mol. The van der Waals surface area contributed by atoms with Crippen LogP contribution >= 0.6 is 23.3 Å². The Morgan fingerprint density at radius 2 is 2.02 bits per heavy atom. The number of β-lactam (4-membered cyclic amide) rings is 1. The zero-order valence-corrected chi connectivity index (χ0v) is 26.3. The molecule has 0 bridgehead atoms. The van der Waals surface area contributed by atoms with Crippen LogP contribution in [0.2, 0.25) is 0 Å². The lowest BCUT2D eigenvalue weighted by Crippen LogP contribution is -2.71. The van der Waals surface area contributed by atoms with Gasteiger partial charge in [-0.1, -0.05) is 10.3 Å². The second kappa shape index (κ2) is 14.1. The zero-order valence-electron chi connectivity index (χ0n) is 24.7. The number of H-pyrrole nitrogens is 1. The lowest BCUT2D eigenvalue weighted by atomic mass is 10.0. The number of carboxylic acid groups (broad SMARTS) is 1. The fourth-order valence-electron chi connectivity index (χ4n) is 4.75. The van der Waals surface area contributed by atoms with E-state index in [9.17, 15) is 24.3 Å². The van der Waals surface area contributed by atoms with Crippen molar-refractivity contribution in [2.45, 2.75) is 24.9 Å². The predicted octanol–water partition coefficient (Wildman–Crippen LogP) is -0.470. The molecule has 1 fully saturated rings. The molecule has 0 aliphatic carbocycles. The van der Waals surface area contributed by atoms with Crippen LogP contribution in [0.5, 0.6) is 0 Å². The number of hydrogen-bond acceptors (Lipinski definition) is 14. The highest BCUT2D eigenvalue weighted by molar-refractivity contribution is 8.00. The molecule has 0 saturated carbocycles. The van der Waals surface area contributed by atoms with Crippen LogP contribution in [-0.2, 0) is 35.4 Å². The quantitative estimate of drug-likeness (QED) is 0.0406. The normalized spacial score (nSPS) is 17.7. The second-order valence-electron chi connectivity index (χ2n) is 9.68. The largest absolute Gasteiger partial charge is 0.477 e. The van der Waals surface area contributed by atoms with E-state index in [4.69, 9.17) is 20.7 Å². The lowest BCUT2D eigenvalue weighted by molar-refractivity contribution is -0.689. The van der Waals surface area contributed by atoms with Crippen LogP contribution in [0.4, 0.5) is 5.13 Å². The topological polar surface area (TPSA) is 254 Å². The number of aliphatic carboxylic acids is 1. The van der Waals surface area contributed by atoms with Gasteiger partial charge in [-0.15, -0.1) is 11.8 Å². The summed E-state index contributed by atoms with van der Waals surface area (Å²) < 4.78 is 5.75. The minimum absolute atomic E-state index is 0.0561. The minimum atomic E-state index is -1.27. The maximum atomic E-state index is 13.2. The summed E-state index contributed by atoms with van der Waals surface area (Å²) in [5.74, 6) is -3.13. The molecule has 20 heteroatoms. The number of pyridine rings is 1. The standard InChI is InChI=1S/C27H25N11O7S2/c1-3-45-35-18(21-33-27(29)47-36-21)23(40)32-19-24(41)38-20(26(42)43)15(11-46-25(19)38)10-37-6-4-13(5-7-37)14-8-16(30-9-14)17(34-44-2)22(39)31-12-28/h4-9,19,25H,3,10-11H2,1-2H3,(H5,29,31,32,33,36,39,40,42,43)/p+1/b34-17+,35-18?. The van der Waals surface area contributed by atoms with Gasteiger partial charge in [0.25, 0.3) is 17.7 Å². The Morgan fingerprint density at radius 3 is 2.66 bits per heavy atom. The summed E-state index contributed by atoms with van der Waals surface area (Å²) in [6.07, 6.45) is 6.70. The summed E-state index contributed by atoms with van der Waals surface area (Å²) in [6, 6.07) is 4.24. The Labute approximate surface area is 274 Å². The van der Waals surface area contributed by atoms with Gasteiger partial charge in [0.05, 0.1) is 5.69 Å². The molecule has 242 valence electrons. The summed E-state index contributed by atoms with van der Waals surface area (Å²) in [7, 11) is 1.28. The van der Waals surface area contributed by atoms with Crippen LogP contribution < -0.4 is 20.9 Å². The van der Waals surface area contributed by atoms with Gasteiger partial charge >= 0.3 is 5.97 Å². The molecule has 3 amide bonds. The van der Waals surface area contributed by atoms with Gasteiger partial charge in [-0.2, -0.15) is 14.6 Å². The van der Waals surface area contributed by atoms with E-state index in [1.807, 2.05) is 5.32 Å². The summed E-state index contributed by atoms with van der Waals surface area (Å²) >= 11 is 2.18. The molecule has 18 nitrogen and oxygen atoms in total. The highest BCUT2D eigenvalue weighted by atomic mass is 32.2. The Morgan fingerprint density at radius 1 is 1.26 bits per heavy atom. The number of anilines is 1. The Bertz CT molecular complexity index is 1860. The molecule has 47 heavy (non-hydrogen) atoms. The van der Waals surface area contributed by atoms with Crippen molar-refractivity contribution in [2.24, 2.45) is 10.3 Å². The molecule has 6 N–H and O–H groups in total. The van der Waals surface area contributed by atoms with Gasteiger partial charge in [0, 0.05) is 46.8 Å². The van der Waals surface area contributed by atoms with Gasteiger partial charge in [-0.25, -0.2) is 9.36 Å². The molecule has 0 radical (unpaired) electrons. The molecular weight excluding hydrogens is 655 g/mol. The van der Waals surface area contributed by atoms with E-state index < -0.39 is 35.1 Å². The number of amides is 3. The molecule has 5 rings (SSSR count). The van der Waals surface area contributed by atoms with Crippen molar-refractivity contribution in [1.82, 2.24) is 29.9 Å². The molecule has 5 heterocycles. The third-order valence-corrected chi connectivity index (χ3v) is 8.68. The average molecular weight is 681 g/mol.